The average molecular weight is 329 g/mol. The molecule has 3 nitrogen and oxygen atoms in total. The van der Waals surface area contributed by atoms with Gasteiger partial charge < -0.3 is 0 Å². The van der Waals surface area contributed by atoms with Gasteiger partial charge in [0.25, 0.3) is 5.91 Å². The van der Waals surface area contributed by atoms with E-state index in [1.165, 1.54) is 11.3 Å². The molecule has 0 fully saturated rings. The molecule has 5 heteroatoms. The Morgan fingerprint density at radius 2 is 1.95 bits per heavy atom. The SMILES string of the molecule is Cc1ccc(C(=O)Nc2nc(-c3ccccc3)cs2)cc1Cl. The first kappa shape index (κ1) is 14.8. The number of aromatic nitrogens is 1. The minimum Gasteiger partial charge on any atom is -0.298 e. The van der Waals surface area contributed by atoms with Gasteiger partial charge in [0.15, 0.2) is 5.13 Å². The maximum atomic E-state index is 12.2. The molecule has 0 aliphatic rings. The second-order valence-electron chi connectivity index (χ2n) is 4.82. The van der Waals surface area contributed by atoms with E-state index in [0.29, 0.717) is 15.7 Å². The van der Waals surface area contributed by atoms with Crippen molar-refractivity contribution in [2.45, 2.75) is 6.92 Å². The third-order valence-corrected chi connectivity index (χ3v) is 4.39. The summed E-state index contributed by atoms with van der Waals surface area (Å²) in [6.07, 6.45) is 0. The van der Waals surface area contributed by atoms with Crippen LogP contribution < -0.4 is 5.32 Å². The van der Waals surface area contributed by atoms with Crippen LogP contribution in [0.1, 0.15) is 15.9 Å². The standard InChI is InChI=1S/C17H13ClN2OS/c1-11-7-8-13(9-14(11)18)16(21)20-17-19-15(10-22-17)12-5-3-2-4-6-12/h2-10H,1H3,(H,19,20,21). The van der Waals surface area contributed by atoms with Crippen LogP contribution >= 0.6 is 22.9 Å². The number of hydrogen-bond acceptors (Lipinski definition) is 3. The number of benzene rings is 2. The Morgan fingerprint density at radius 1 is 1.18 bits per heavy atom. The fourth-order valence-electron chi connectivity index (χ4n) is 1.98. The Hall–Kier alpha value is -2.17. The largest absolute Gasteiger partial charge is 0.298 e. The van der Waals surface area contributed by atoms with Gasteiger partial charge in [-0.15, -0.1) is 11.3 Å². The van der Waals surface area contributed by atoms with Crippen molar-refractivity contribution in [1.29, 1.82) is 0 Å². The Bertz CT molecular complexity index is 815. The van der Waals surface area contributed by atoms with E-state index in [2.05, 4.69) is 10.3 Å². The van der Waals surface area contributed by atoms with Gasteiger partial charge in [-0.1, -0.05) is 48.0 Å². The number of nitrogens with one attached hydrogen (secondary N) is 1. The minimum absolute atomic E-state index is 0.212. The van der Waals surface area contributed by atoms with Gasteiger partial charge >= 0.3 is 0 Å². The number of halogens is 1. The van der Waals surface area contributed by atoms with E-state index in [-0.39, 0.29) is 5.91 Å². The van der Waals surface area contributed by atoms with Gasteiger partial charge in [-0.3, -0.25) is 10.1 Å². The summed E-state index contributed by atoms with van der Waals surface area (Å²) in [6, 6.07) is 15.1. The Balaban J connectivity index is 1.77. The van der Waals surface area contributed by atoms with Crippen LogP contribution in [0.25, 0.3) is 11.3 Å². The zero-order valence-electron chi connectivity index (χ0n) is 11.8. The summed E-state index contributed by atoms with van der Waals surface area (Å²) < 4.78 is 0. The molecule has 0 spiro atoms. The number of thiazole rings is 1. The predicted molar refractivity (Wildman–Crippen MR) is 91.7 cm³/mol. The van der Waals surface area contributed by atoms with Crippen molar-refractivity contribution in [3.8, 4) is 11.3 Å². The minimum atomic E-state index is -0.212. The third-order valence-electron chi connectivity index (χ3n) is 3.23. The van der Waals surface area contributed by atoms with E-state index in [4.69, 9.17) is 11.6 Å². The molecule has 0 saturated heterocycles. The zero-order chi connectivity index (χ0) is 15.5. The van der Waals surface area contributed by atoms with E-state index in [0.717, 1.165) is 16.8 Å². The van der Waals surface area contributed by atoms with Crippen molar-refractivity contribution in [3.05, 3.63) is 70.1 Å². The second kappa shape index (κ2) is 6.30. The van der Waals surface area contributed by atoms with Crippen molar-refractivity contribution in [3.63, 3.8) is 0 Å². The first-order valence-corrected chi connectivity index (χ1v) is 7.98. The number of carbonyl (C=O) groups excluding carboxylic acids is 1. The van der Waals surface area contributed by atoms with Crippen LogP contribution in [0, 0.1) is 6.92 Å². The molecule has 110 valence electrons. The number of nitrogens with zero attached hydrogens (tertiary/aromatic N) is 1. The molecule has 0 aliphatic heterocycles. The highest BCUT2D eigenvalue weighted by Crippen LogP contribution is 2.25. The van der Waals surface area contributed by atoms with Crippen molar-refractivity contribution < 1.29 is 4.79 Å². The number of anilines is 1. The smallest absolute Gasteiger partial charge is 0.257 e. The Kier molecular flexibility index (Phi) is 4.22. The highest BCUT2D eigenvalue weighted by atomic mass is 35.5. The molecule has 0 unspecified atom stereocenters. The maximum absolute atomic E-state index is 12.2. The van der Waals surface area contributed by atoms with Crippen LogP contribution in [0.4, 0.5) is 5.13 Å². The molecule has 1 amide bonds. The molecule has 0 saturated carbocycles. The van der Waals surface area contributed by atoms with Gasteiger partial charge in [0.2, 0.25) is 0 Å². The second-order valence-corrected chi connectivity index (χ2v) is 6.09. The van der Waals surface area contributed by atoms with Gasteiger partial charge in [-0.25, -0.2) is 4.98 Å². The lowest BCUT2D eigenvalue weighted by Crippen LogP contribution is -2.11. The molecular weight excluding hydrogens is 316 g/mol. The highest BCUT2D eigenvalue weighted by Gasteiger charge is 2.11. The lowest BCUT2D eigenvalue weighted by atomic mass is 10.1. The van der Waals surface area contributed by atoms with E-state index in [9.17, 15) is 4.79 Å². The number of hydrogen-bond donors (Lipinski definition) is 1. The summed E-state index contributed by atoms with van der Waals surface area (Å²) in [6.45, 7) is 1.90. The monoisotopic (exact) mass is 328 g/mol. The number of amides is 1. The maximum Gasteiger partial charge on any atom is 0.257 e. The van der Waals surface area contributed by atoms with Crippen molar-refractivity contribution in [1.82, 2.24) is 4.98 Å². The number of carbonyl (C=O) groups is 1. The zero-order valence-corrected chi connectivity index (χ0v) is 13.4. The van der Waals surface area contributed by atoms with E-state index in [1.54, 1.807) is 12.1 Å². The van der Waals surface area contributed by atoms with Crippen LogP contribution in [-0.2, 0) is 0 Å². The van der Waals surface area contributed by atoms with Gasteiger partial charge in [0.1, 0.15) is 0 Å². The van der Waals surface area contributed by atoms with Gasteiger partial charge in [0, 0.05) is 21.5 Å². The molecule has 1 aromatic heterocycles. The molecule has 3 aromatic rings. The van der Waals surface area contributed by atoms with Crippen LogP contribution in [0.15, 0.2) is 53.9 Å². The quantitative estimate of drug-likeness (QED) is 0.733. The summed E-state index contributed by atoms with van der Waals surface area (Å²) in [5, 5.41) is 5.88. The van der Waals surface area contributed by atoms with Gasteiger partial charge in [-0.2, -0.15) is 0 Å². The van der Waals surface area contributed by atoms with E-state index >= 15 is 0 Å². The summed E-state index contributed by atoms with van der Waals surface area (Å²) in [5.74, 6) is -0.212. The Morgan fingerprint density at radius 3 is 2.68 bits per heavy atom. The summed E-state index contributed by atoms with van der Waals surface area (Å²) in [5.41, 5.74) is 3.34. The van der Waals surface area contributed by atoms with Crippen LogP contribution in [0.3, 0.4) is 0 Å². The van der Waals surface area contributed by atoms with E-state index in [1.807, 2.05) is 48.7 Å². The molecule has 1 heterocycles. The lowest BCUT2D eigenvalue weighted by Gasteiger charge is -2.04. The van der Waals surface area contributed by atoms with Crippen molar-refractivity contribution >= 4 is 34.0 Å². The number of aryl methyl sites for hydroxylation is 1. The topological polar surface area (TPSA) is 42.0 Å². The lowest BCUT2D eigenvalue weighted by molar-refractivity contribution is 0.102. The molecular formula is C17H13ClN2OS. The van der Waals surface area contributed by atoms with Crippen molar-refractivity contribution in [2.24, 2.45) is 0 Å². The van der Waals surface area contributed by atoms with Gasteiger partial charge in [0.05, 0.1) is 5.69 Å². The third kappa shape index (κ3) is 3.18. The van der Waals surface area contributed by atoms with E-state index < -0.39 is 0 Å². The molecule has 2 aromatic carbocycles. The molecule has 3 rings (SSSR count). The summed E-state index contributed by atoms with van der Waals surface area (Å²) in [7, 11) is 0. The average Bonchev–Trinajstić information content (AvgIpc) is 2.99. The first-order chi connectivity index (χ1) is 10.6. The van der Waals surface area contributed by atoms with Crippen LogP contribution in [-0.4, -0.2) is 10.9 Å². The van der Waals surface area contributed by atoms with Crippen LogP contribution in [0.5, 0.6) is 0 Å². The molecule has 0 atom stereocenters. The predicted octanol–water partition coefficient (Wildman–Crippen LogP) is 5.02. The van der Waals surface area contributed by atoms with Crippen LogP contribution in [0.2, 0.25) is 5.02 Å². The fraction of sp³-hybridized carbons (Fsp3) is 0.0588. The van der Waals surface area contributed by atoms with Gasteiger partial charge in [-0.05, 0) is 24.6 Å². The Labute approximate surface area is 137 Å². The molecule has 22 heavy (non-hydrogen) atoms. The number of rotatable bonds is 3. The summed E-state index contributed by atoms with van der Waals surface area (Å²) in [4.78, 5) is 16.7. The molecule has 0 aliphatic carbocycles. The molecule has 1 N–H and O–H groups in total. The van der Waals surface area contributed by atoms with Crippen molar-refractivity contribution in [2.75, 3.05) is 5.32 Å². The normalized spacial score (nSPS) is 10.5. The first-order valence-electron chi connectivity index (χ1n) is 6.72. The summed E-state index contributed by atoms with van der Waals surface area (Å²) >= 11 is 7.45. The molecule has 0 bridgehead atoms. The fourth-order valence-corrected chi connectivity index (χ4v) is 2.87. The molecule has 0 radical (unpaired) electrons. The highest BCUT2D eigenvalue weighted by molar-refractivity contribution is 7.14.